The van der Waals surface area contributed by atoms with Gasteiger partial charge in [-0.25, -0.2) is 9.01 Å². The molecule has 1 aliphatic rings. The van der Waals surface area contributed by atoms with Gasteiger partial charge < -0.3 is 4.52 Å². The maximum atomic E-state index is 13.2. The maximum Gasteiger partial charge on any atom is 0.339 e. The van der Waals surface area contributed by atoms with Gasteiger partial charge in [0.25, 0.3) is 0 Å². The number of halogens is 2. The van der Waals surface area contributed by atoms with Crippen LogP contribution >= 0.6 is 30.9 Å². The van der Waals surface area contributed by atoms with Crippen LogP contribution in [0.5, 0.6) is 0 Å². The Balaban J connectivity index is 2.99. The van der Waals surface area contributed by atoms with Gasteiger partial charge in [-0.1, -0.05) is 19.6 Å². The lowest BCUT2D eigenvalue weighted by atomic mass is 10.5. The zero-order chi connectivity index (χ0) is 13.8. The van der Waals surface area contributed by atoms with E-state index in [1.807, 2.05) is 4.67 Å². The van der Waals surface area contributed by atoms with Gasteiger partial charge in [-0.05, 0) is 6.42 Å². The second-order valence-corrected chi connectivity index (χ2v) is 13.6. The van der Waals surface area contributed by atoms with Crippen LogP contribution in [0.4, 0.5) is 0 Å². The molecule has 0 aliphatic carbocycles. The van der Waals surface area contributed by atoms with Gasteiger partial charge in [-0.3, -0.25) is 4.57 Å². The number of hydrogen-bond acceptors (Lipinski definition) is 2. The molecule has 1 atom stereocenters. The molecule has 1 saturated heterocycles. The summed E-state index contributed by atoms with van der Waals surface area (Å²) >= 11 is 11.6. The van der Waals surface area contributed by atoms with Gasteiger partial charge in [-0.2, -0.15) is 0 Å². The fourth-order valence-electron chi connectivity index (χ4n) is 2.10. The molecule has 1 aliphatic heterocycles. The molecule has 0 spiro atoms. The van der Waals surface area contributed by atoms with Gasteiger partial charge in [0, 0.05) is 31.4 Å². The summed E-state index contributed by atoms with van der Waals surface area (Å²) in [5.74, 6) is 0.869. The Morgan fingerprint density at radius 1 is 1.28 bits per heavy atom. The molecule has 0 radical (unpaired) electrons. The van der Waals surface area contributed by atoms with Crippen molar-refractivity contribution < 1.29 is 9.09 Å². The molecule has 1 heterocycles. The highest BCUT2D eigenvalue weighted by Gasteiger charge is 2.46. The molecule has 1 fully saturated rings. The molecular formula is C10H23Cl2N2O2PSi. The van der Waals surface area contributed by atoms with Gasteiger partial charge in [0.15, 0.2) is 0 Å². The normalized spacial score (nSPS) is 26.8. The van der Waals surface area contributed by atoms with E-state index in [1.54, 1.807) is 0 Å². The van der Waals surface area contributed by atoms with E-state index in [0.717, 1.165) is 13.0 Å². The minimum absolute atomic E-state index is 0.434. The summed E-state index contributed by atoms with van der Waals surface area (Å²) < 4.78 is 22.9. The minimum Gasteiger partial charge on any atom is -0.306 e. The van der Waals surface area contributed by atoms with Gasteiger partial charge in [0.05, 0.1) is 6.61 Å². The molecule has 0 N–H and O–H groups in total. The van der Waals surface area contributed by atoms with E-state index < -0.39 is 15.9 Å². The summed E-state index contributed by atoms with van der Waals surface area (Å²) in [6.45, 7) is 9.06. The first kappa shape index (κ1) is 17.0. The quantitative estimate of drug-likeness (QED) is 0.424. The van der Waals surface area contributed by atoms with Crippen molar-refractivity contribution in [2.24, 2.45) is 0 Å². The van der Waals surface area contributed by atoms with Crippen LogP contribution in [-0.2, 0) is 9.09 Å². The van der Waals surface area contributed by atoms with Gasteiger partial charge in [-0.15, -0.1) is 23.2 Å². The smallest absolute Gasteiger partial charge is 0.306 e. The number of nitrogens with zero attached hydrogens (tertiary/aromatic N) is 2. The molecule has 1 unspecified atom stereocenters. The van der Waals surface area contributed by atoms with Crippen molar-refractivity contribution in [1.29, 1.82) is 0 Å². The van der Waals surface area contributed by atoms with Crippen molar-refractivity contribution in [3.05, 3.63) is 0 Å². The molecule has 0 aromatic carbocycles. The van der Waals surface area contributed by atoms with Crippen molar-refractivity contribution in [3.63, 3.8) is 0 Å². The van der Waals surface area contributed by atoms with E-state index in [9.17, 15) is 4.57 Å². The summed E-state index contributed by atoms with van der Waals surface area (Å²) in [4.78, 5) is 0. The third kappa shape index (κ3) is 3.95. The highest BCUT2D eigenvalue weighted by atomic mass is 35.5. The van der Waals surface area contributed by atoms with E-state index in [2.05, 4.69) is 24.0 Å². The zero-order valence-electron chi connectivity index (χ0n) is 11.4. The van der Waals surface area contributed by atoms with Crippen LogP contribution in [0.1, 0.15) is 6.42 Å². The Hall–Kier alpha value is 0.907. The van der Waals surface area contributed by atoms with Crippen molar-refractivity contribution in [2.75, 3.05) is 38.0 Å². The van der Waals surface area contributed by atoms with Crippen molar-refractivity contribution >= 4 is 39.1 Å². The third-order valence-corrected chi connectivity index (χ3v) is 10.0. The van der Waals surface area contributed by atoms with E-state index in [0.29, 0.717) is 31.5 Å². The van der Waals surface area contributed by atoms with Gasteiger partial charge in [0.1, 0.15) is 8.24 Å². The van der Waals surface area contributed by atoms with Gasteiger partial charge >= 0.3 is 7.67 Å². The highest BCUT2D eigenvalue weighted by molar-refractivity contribution is 7.56. The predicted octanol–water partition coefficient (Wildman–Crippen LogP) is 3.43. The lowest BCUT2D eigenvalue weighted by Crippen LogP contribution is -2.50. The minimum atomic E-state index is -2.93. The molecule has 0 aromatic rings. The van der Waals surface area contributed by atoms with E-state index in [4.69, 9.17) is 27.7 Å². The molecule has 0 aromatic heterocycles. The van der Waals surface area contributed by atoms with Crippen molar-refractivity contribution in [2.45, 2.75) is 26.1 Å². The topological polar surface area (TPSA) is 32.8 Å². The largest absolute Gasteiger partial charge is 0.339 e. The summed E-state index contributed by atoms with van der Waals surface area (Å²) in [6.07, 6.45) is 0.934. The standard InChI is InChI=1S/C10H23Cl2N2O2PSi/c1-18(2,3)14-7-4-10-16-17(14,15)13(8-5-11)9-6-12/h4-10H2,1-3H3. The zero-order valence-corrected chi connectivity index (χ0v) is 14.8. The fraction of sp³-hybridized carbons (Fsp3) is 1.00. The van der Waals surface area contributed by atoms with Crippen LogP contribution in [0.15, 0.2) is 0 Å². The third-order valence-electron chi connectivity index (χ3n) is 2.90. The lowest BCUT2D eigenvalue weighted by Gasteiger charge is -2.46. The van der Waals surface area contributed by atoms with Crippen LogP contribution in [0.25, 0.3) is 0 Å². The fourth-order valence-corrected chi connectivity index (χ4v) is 9.24. The van der Waals surface area contributed by atoms with E-state index in [1.165, 1.54) is 0 Å². The average molecular weight is 333 g/mol. The first-order valence-electron chi connectivity index (χ1n) is 6.26. The molecule has 0 amide bonds. The Morgan fingerprint density at radius 2 is 1.83 bits per heavy atom. The molecule has 0 saturated carbocycles. The second kappa shape index (κ2) is 7.07. The Bertz CT molecular complexity index is 309. The monoisotopic (exact) mass is 332 g/mol. The molecule has 4 nitrogen and oxygen atoms in total. The molecule has 8 heteroatoms. The van der Waals surface area contributed by atoms with Gasteiger partial charge in [0.2, 0.25) is 0 Å². The molecular weight excluding hydrogens is 310 g/mol. The first-order chi connectivity index (χ1) is 8.36. The predicted molar refractivity (Wildman–Crippen MR) is 81.2 cm³/mol. The number of alkyl halides is 2. The maximum absolute atomic E-state index is 13.2. The van der Waals surface area contributed by atoms with Crippen LogP contribution < -0.4 is 0 Å². The second-order valence-electron chi connectivity index (χ2n) is 5.30. The lowest BCUT2D eigenvalue weighted by molar-refractivity contribution is 0.199. The van der Waals surface area contributed by atoms with Crippen LogP contribution in [0, 0.1) is 0 Å². The summed E-state index contributed by atoms with van der Waals surface area (Å²) in [5, 5.41) is 0. The number of rotatable bonds is 6. The number of hydrogen-bond donors (Lipinski definition) is 0. The Kier molecular flexibility index (Phi) is 6.66. The summed E-state index contributed by atoms with van der Waals surface area (Å²) in [7, 11) is -4.62. The summed E-state index contributed by atoms with van der Waals surface area (Å²) in [5.41, 5.74) is 0. The average Bonchev–Trinajstić information content (AvgIpc) is 2.27. The highest BCUT2D eigenvalue weighted by Crippen LogP contribution is 2.58. The van der Waals surface area contributed by atoms with Crippen LogP contribution in [0.2, 0.25) is 19.6 Å². The molecule has 108 valence electrons. The van der Waals surface area contributed by atoms with Crippen LogP contribution in [-0.4, -0.2) is 55.2 Å². The first-order valence-corrected chi connectivity index (χ1v) is 12.3. The van der Waals surface area contributed by atoms with Crippen molar-refractivity contribution in [3.8, 4) is 0 Å². The molecule has 18 heavy (non-hydrogen) atoms. The van der Waals surface area contributed by atoms with Crippen LogP contribution in [0.3, 0.4) is 0 Å². The Morgan fingerprint density at radius 3 is 2.28 bits per heavy atom. The SMILES string of the molecule is C[Si](C)(C)N1CCCOP1(=O)N(CCCl)CCCl. The molecule has 1 rings (SSSR count). The van der Waals surface area contributed by atoms with E-state index in [-0.39, 0.29) is 0 Å². The molecule has 0 bridgehead atoms. The summed E-state index contributed by atoms with van der Waals surface area (Å²) in [6, 6.07) is 0. The van der Waals surface area contributed by atoms with Crippen molar-refractivity contribution in [1.82, 2.24) is 9.01 Å². The Labute approximate surface area is 121 Å². The van der Waals surface area contributed by atoms with E-state index >= 15 is 0 Å².